The molecule has 0 amide bonds. The molecule has 0 aromatic carbocycles. The van der Waals surface area contributed by atoms with Gasteiger partial charge in [-0.3, -0.25) is 0 Å². The number of ether oxygens (including phenoxy) is 3. The number of hydrogen-bond acceptors (Lipinski definition) is 5. The zero-order valence-corrected chi connectivity index (χ0v) is 10.1. The Morgan fingerprint density at radius 2 is 2.06 bits per heavy atom. The molecule has 0 fully saturated rings. The minimum absolute atomic E-state index is 0.461. The summed E-state index contributed by atoms with van der Waals surface area (Å²) in [6.07, 6.45) is 1.66. The van der Waals surface area contributed by atoms with E-state index >= 15 is 0 Å². The first kappa shape index (κ1) is 11.4. The van der Waals surface area contributed by atoms with Crippen molar-refractivity contribution in [3.63, 3.8) is 0 Å². The second kappa shape index (κ2) is 4.86. The third-order valence-corrected chi connectivity index (χ3v) is 2.34. The summed E-state index contributed by atoms with van der Waals surface area (Å²) in [7, 11) is 3.17. The molecule has 5 nitrogen and oxygen atoms in total. The van der Waals surface area contributed by atoms with Gasteiger partial charge in [-0.2, -0.15) is 0 Å². The van der Waals surface area contributed by atoms with Crippen LogP contribution in [0.4, 0.5) is 0 Å². The molecule has 17 heavy (non-hydrogen) atoms. The van der Waals surface area contributed by atoms with Crippen LogP contribution in [-0.4, -0.2) is 30.8 Å². The first-order chi connectivity index (χ1) is 8.30. The molecular formula is C12H14N2O3. The summed E-state index contributed by atoms with van der Waals surface area (Å²) in [4.78, 5) is 8.46. The Bertz CT molecular complexity index is 528. The quantitative estimate of drug-likeness (QED) is 0.810. The normalized spacial score (nSPS) is 10.3. The number of nitrogens with zero attached hydrogens (tertiary/aromatic N) is 2. The van der Waals surface area contributed by atoms with E-state index in [1.54, 1.807) is 26.5 Å². The molecule has 0 saturated carbocycles. The van der Waals surface area contributed by atoms with Crippen molar-refractivity contribution in [2.45, 2.75) is 6.92 Å². The molecule has 2 aromatic rings. The molecule has 0 aliphatic heterocycles. The summed E-state index contributed by atoms with van der Waals surface area (Å²) >= 11 is 0. The van der Waals surface area contributed by atoms with E-state index in [4.69, 9.17) is 14.2 Å². The fraction of sp³-hybridized carbons (Fsp3) is 0.333. The maximum atomic E-state index is 5.38. The summed E-state index contributed by atoms with van der Waals surface area (Å²) in [6.45, 7) is 2.45. The molecule has 90 valence electrons. The van der Waals surface area contributed by atoms with Gasteiger partial charge < -0.3 is 14.2 Å². The van der Waals surface area contributed by atoms with E-state index in [0.29, 0.717) is 29.6 Å². The molecule has 0 aliphatic carbocycles. The topological polar surface area (TPSA) is 53.5 Å². The first-order valence-electron chi connectivity index (χ1n) is 5.30. The Hall–Kier alpha value is -2.04. The van der Waals surface area contributed by atoms with Gasteiger partial charge in [0.25, 0.3) is 0 Å². The minimum Gasteiger partial charge on any atom is -0.496 e. The van der Waals surface area contributed by atoms with Crippen molar-refractivity contribution in [2.75, 3.05) is 20.8 Å². The maximum Gasteiger partial charge on any atom is 0.240 e. The first-order valence-corrected chi connectivity index (χ1v) is 5.30. The highest BCUT2D eigenvalue weighted by Gasteiger charge is 2.11. The molecule has 0 aliphatic rings. The Morgan fingerprint density at radius 1 is 1.24 bits per heavy atom. The van der Waals surface area contributed by atoms with Crippen LogP contribution in [0.3, 0.4) is 0 Å². The van der Waals surface area contributed by atoms with Crippen LogP contribution in [-0.2, 0) is 0 Å². The highest BCUT2D eigenvalue weighted by atomic mass is 16.5. The smallest absolute Gasteiger partial charge is 0.240 e. The van der Waals surface area contributed by atoms with Crippen molar-refractivity contribution in [1.29, 1.82) is 0 Å². The number of hydrogen-bond donors (Lipinski definition) is 0. The zero-order chi connectivity index (χ0) is 12.3. The van der Waals surface area contributed by atoms with Gasteiger partial charge in [0.15, 0.2) is 0 Å². The Labute approximate surface area is 99.4 Å². The van der Waals surface area contributed by atoms with Crippen molar-refractivity contribution >= 4 is 10.9 Å². The Kier molecular flexibility index (Phi) is 3.27. The second-order valence-corrected chi connectivity index (χ2v) is 3.31. The number of pyridine rings is 2. The van der Waals surface area contributed by atoms with Gasteiger partial charge in [-0.15, -0.1) is 0 Å². The van der Waals surface area contributed by atoms with Gasteiger partial charge in [0.05, 0.1) is 20.8 Å². The van der Waals surface area contributed by atoms with Gasteiger partial charge in [-0.25, -0.2) is 9.97 Å². The van der Waals surface area contributed by atoms with Crippen LogP contribution < -0.4 is 14.2 Å². The van der Waals surface area contributed by atoms with E-state index in [1.165, 1.54) is 0 Å². The van der Waals surface area contributed by atoms with Gasteiger partial charge in [-0.05, 0) is 13.0 Å². The maximum absolute atomic E-state index is 5.38. The van der Waals surface area contributed by atoms with Crippen LogP contribution in [0.2, 0.25) is 0 Å². The highest BCUT2D eigenvalue weighted by molar-refractivity contribution is 5.89. The van der Waals surface area contributed by atoms with Gasteiger partial charge in [0.2, 0.25) is 11.8 Å². The van der Waals surface area contributed by atoms with Crippen LogP contribution >= 0.6 is 0 Å². The number of aromatic nitrogens is 2. The average molecular weight is 234 g/mol. The number of methoxy groups -OCH3 is 2. The van der Waals surface area contributed by atoms with Gasteiger partial charge in [0.1, 0.15) is 11.3 Å². The molecule has 0 N–H and O–H groups in total. The summed E-state index contributed by atoms with van der Waals surface area (Å²) in [5.41, 5.74) is 0.637. The molecular weight excluding hydrogens is 220 g/mol. The lowest BCUT2D eigenvalue weighted by molar-refractivity contribution is 0.324. The SMILES string of the molecule is CCOc1cc(OC)c2ccnc(OC)c2n1. The van der Waals surface area contributed by atoms with Crippen molar-refractivity contribution in [3.8, 4) is 17.5 Å². The third-order valence-electron chi connectivity index (χ3n) is 2.34. The monoisotopic (exact) mass is 234 g/mol. The third kappa shape index (κ3) is 2.08. The lowest BCUT2D eigenvalue weighted by Crippen LogP contribution is -1.98. The fourth-order valence-electron chi connectivity index (χ4n) is 1.61. The van der Waals surface area contributed by atoms with E-state index in [9.17, 15) is 0 Å². The van der Waals surface area contributed by atoms with E-state index in [2.05, 4.69) is 9.97 Å². The molecule has 2 heterocycles. The molecule has 2 rings (SSSR count). The van der Waals surface area contributed by atoms with E-state index < -0.39 is 0 Å². The summed E-state index contributed by atoms with van der Waals surface area (Å²) < 4.78 is 15.9. The van der Waals surface area contributed by atoms with E-state index in [0.717, 1.165) is 5.39 Å². The Morgan fingerprint density at radius 3 is 2.71 bits per heavy atom. The number of fused-ring (bicyclic) bond motifs is 1. The van der Waals surface area contributed by atoms with Gasteiger partial charge in [-0.1, -0.05) is 0 Å². The standard InChI is InChI=1S/C12H14N2O3/c1-4-17-10-7-9(15-2)8-5-6-13-12(16-3)11(8)14-10/h5-7H,4H2,1-3H3. The van der Waals surface area contributed by atoms with Crippen molar-refractivity contribution in [2.24, 2.45) is 0 Å². The molecule has 0 bridgehead atoms. The molecule has 0 radical (unpaired) electrons. The summed E-state index contributed by atoms with van der Waals surface area (Å²) in [6, 6.07) is 3.59. The molecule has 0 spiro atoms. The highest BCUT2D eigenvalue weighted by Crippen LogP contribution is 2.31. The van der Waals surface area contributed by atoms with Crippen LogP contribution in [0.1, 0.15) is 6.92 Å². The van der Waals surface area contributed by atoms with Crippen LogP contribution in [0.25, 0.3) is 10.9 Å². The zero-order valence-electron chi connectivity index (χ0n) is 10.1. The predicted octanol–water partition coefficient (Wildman–Crippen LogP) is 2.05. The van der Waals surface area contributed by atoms with Crippen molar-refractivity contribution in [3.05, 3.63) is 18.3 Å². The minimum atomic E-state index is 0.461. The number of rotatable bonds is 4. The lowest BCUT2D eigenvalue weighted by Gasteiger charge is -2.10. The molecule has 0 atom stereocenters. The van der Waals surface area contributed by atoms with E-state index in [1.807, 2.05) is 13.0 Å². The largest absolute Gasteiger partial charge is 0.496 e. The molecule has 0 saturated heterocycles. The van der Waals surface area contributed by atoms with Crippen LogP contribution in [0.5, 0.6) is 17.5 Å². The van der Waals surface area contributed by atoms with Crippen molar-refractivity contribution < 1.29 is 14.2 Å². The molecule has 0 unspecified atom stereocenters. The second-order valence-electron chi connectivity index (χ2n) is 3.31. The Balaban J connectivity index is 2.68. The average Bonchev–Trinajstić information content (AvgIpc) is 2.37. The van der Waals surface area contributed by atoms with Crippen molar-refractivity contribution in [1.82, 2.24) is 9.97 Å². The van der Waals surface area contributed by atoms with Gasteiger partial charge in [0, 0.05) is 17.6 Å². The molecule has 2 aromatic heterocycles. The van der Waals surface area contributed by atoms with Crippen LogP contribution in [0, 0.1) is 0 Å². The predicted molar refractivity (Wildman–Crippen MR) is 63.8 cm³/mol. The fourth-order valence-corrected chi connectivity index (χ4v) is 1.61. The summed E-state index contributed by atoms with van der Waals surface area (Å²) in [5.74, 6) is 1.66. The van der Waals surface area contributed by atoms with Crippen LogP contribution in [0.15, 0.2) is 18.3 Å². The molecule has 5 heteroatoms. The summed E-state index contributed by atoms with van der Waals surface area (Å²) in [5, 5.41) is 0.850. The van der Waals surface area contributed by atoms with Gasteiger partial charge >= 0.3 is 0 Å². The van der Waals surface area contributed by atoms with E-state index in [-0.39, 0.29) is 0 Å². The lowest BCUT2D eigenvalue weighted by atomic mass is 10.2.